The topological polar surface area (TPSA) is 58.1 Å². The van der Waals surface area contributed by atoms with E-state index >= 15 is 0 Å². The monoisotopic (exact) mass is 338 g/mol. The summed E-state index contributed by atoms with van der Waals surface area (Å²) in [6, 6.07) is 9.67. The molecule has 1 saturated heterocycles. The van der Waals surface area contributed by atoms with Crippen molar-refractivity contribution in [3.63, 3.8) is 0 Å². The second-order valence-electron chi connectivity index (χ2n) is 7.64. The lowest BCUT2D eigenvalue weighted by Crippen LogP contribution is -2.24. The molecule has 0 saturated carbocycles. The van der Waals surface area contributed by atoms with Crippen LogP contribution in [0.25, 0.3) is 0 Å². The first-order valence-corrected chi connectivity index (χ1v) is 8.86. The van der Waals surface area contributed by atoms with E-state index in [4.69, 9.17) is 0 Å². The Kier molecular flexibility index (Phi) is 4.75. The van der Waals surface area contributed by atoms with Crippen LogP contribution in [-0.4, -0.2) is 29.0 Å². The minimum absolute atomic E-state index is 0.0494. The van der Waals surface area contributed by atoms with E-state index in [1.165, 1.54) is 0 Å². The highest BCUT2D eigenvalue weighted by Gasteiger charge is 2.21. The third kappa shape index (κ3) is 3.98. The van der Waals surface area contributed by atoms with Crippen LogP contribution in [0.5, 0.6) is 0 Å². The highest BCUT2D eigenvalue weighted by atomic mass is 16.1. The van der Waals surface area contributed by atoms with Gasteiger partial charge in [0, 0.05) is 24.5 Å². The number of amides is 1. The molecule has 2 heterocycles. The van der Waals surface area contributed by atoms with E-state index in [0.29, 0.717) is 11.6 Å². The molecule has 5 nitrogen and oxygen atoms in total. The van der Waals surface area contributed by atoms with E-state index in [9.17, 15) is 4.79 Å². The van der Waals surface area contributed by atoms with Gasteiger partial charge in [0.2, 0.25) is 5.95 Å². The lowest BCUT2D eigenvalue weighted by molar-refractivity contribution is 0.102. The normalized spacial score (nSPS) is 14.6. The van der Waals surface area contributed by atoms with E-state index in [1.807, 2.05) is 25.1 Å². The molecule has 0 spiro atoms. The zero-order valence-electron chi connectivity index (χ0n) is 15.5. The summed E-state index contributed by atoms with van der Waals surface area (Å²) in [7, 11) is 0. The summed E-state index contributed by atoms with van der Waals surface area (Å²) in [5.74, 6) is 0.467. The molecule has 1 N–H and O–H groups in total. The SMILES string of the molecule is Cc1cc(C(=O)Nc2ccccc2C(C)(C)C)nc(N2CCCC2)n1. The van der Waals surface area contributed by atoms with Gasteiger partial charge in [0.25, 0.3) is 5.91 Å². The zero-order valence-corrected chi connectivity index (χ0v) is 15.5. The van der Waals surface area contributed by atoms with Gasteiger partial charge < -0.3 is 10.2 Å². The molecule has 25 heavy (non-hydrogen) atoms. The first-order valence-electron chi connectivity index (χ1n) is 8.86. The Morgan fingerprint density at radius 1 is 1.12 bits per heavy atom. The number of para-hydroxylation sites is 1. The highest BCUT2D eigenvalue weighted by Crippen LogP contribution is 2.29. The van der Waals surface area contributed by atoms with Crippen molar-refractivity contribution in [3.05, 3.63) is 47.3 Å². The molecule has 0 bridgehead atoms. The molecule has 2 aromatic rings. The molecular formula is C20H26N4O. The van der Waals surface area contributed by atoms with Gasteiger partial charge in [-0.1, -0.05) is 39.0 Å². The fourth-order valence-electron chi connectivity index (χ4n) is 3.16. The Balaban J connectivity index is 1.87. The third-order valence-electron chi connectivity index (χ3n) is 4.45. The van der Waals surface area contributed by atoms with Crippen LogP contribution in [-0.2, 0) is 5.41 Å². The molecule has 0 aliphatic carbocycles. The maximum Gasteiger partial charge on any atom is 0.274 e. The number of anilines is 2. The van der Waals surface area contributed by atoms with Gasteiger partial charge in [-0.25, -0.2) is 9.97 Å². The van der Waals surface area contributed by atoms with Gasteiger partial charge in [-0.3, -0.25) is 4.79 Å². The molecule has 1 aliphatic rings. The van der Waals surface area contributed by atoms with Crippen molar-refractivity contribution in [1.82, 2.24) is 9.97 Å². The molecular weight excluding hydrogens is 312 g/mol. The molecule has 0 atom stereocenters. The summed E-state index contributed by atoms with van der Waals surface area (Å²) in [6.07, 6.45) is 2.30. The maximum atomic E-state index is 12.8. The van der Waals surface area contributed by atoms with Crippen LogP contribution in [0.4, 0.5) is 11.6 Å². The van der Waals surface area contributed by atoms with Crippen LogP contribution in [0.15, 0.2) is 30.3 Å². The molecule has 1 aliphatic heterocycles. The summed E-state index contributed by atoms with van der Waals surface area (Å²) in [6.45, 7) is 10.2. The maximum absolute atomic E-state index is 12.8. The van der Waals surface area contributed by atoms with Gasteiger partial charge in [0.05, 0.1) is 0 Å². The predicted molar refractivity (Wildman–Crippen MR) is 101 cm³/mol. The van der Waals surface area contributed by atoms with Gasteiger partial charge in [0.1, 0.15) is 5.69 Å². The fraction of sp³-hybridized carbons (Fsp3) is 0.450. The summed E-state index contributed by atoms with van der Waals surface area (Å²) in [5, 5.41) is 3.03. The van der Waals surface area contributed by atoms with E-state index in [0.717, 1.165) is 42.9 Å². The molecule has 1 aromatic heterocycles. The van der Waals surface area contributed by atoms with Gasteiger partial charge >= 0.3 is 0 Å². The average Bonchev–Trinajstić information content (AvgIpc) is 3.08. The number of aromatic nitrogens is 2. The van der Waals surface area contributed by atoms with Crippen molar-refractivity contribution in [1.29, 1.82) is 0 Å². The van der Waals surface area contributed by atoms with Crippen LogP contribution < -0.4 is 10.2 Å². The van der Waals surface area contributed by atoms with Crippen molar-refractivity contribution >= 4 is 17.5 Å². The van der Waals surface area contributed by atoms with Crippen molar-refractivity contribution in [2.75, 3.05) is 23.3 Å². The summed E-state index contributed by atoms with van der Waals surface area (Å²) in [5.41, 5.74) is 3.11. The number of carbonyl (C=O) groups excluding carboxylic acids is 1. The molecule has 1 aromatic carbocycles. The molecule has 132 valence electrons. The van der Waals surface area contributed by atoms with Crippen molar-refractivity contribution < 1.29 is 4.79 Å². The minimum atomic E-state index is -0.192. The third-order valence-corrected chi connectivity index (χ3v) is 4.45. The Morgan fingerprint density at radius 2 is 1.80 bits per heavy atom. The minimum Gasteiger partial charge on any atom is -0.341 e. The van der Waals surface area contributed by atoms with E-state index < -0.39 is 0 Å². The molecule has 5 heteroatoms. The number of benzene rings is 1. The summed E-state index contributed by atoms with van der Waals surface area (Å²) < 4.78 is 0. The van der Waals surface area contributed by atoms with Gasteiger partial charge in [0.15, 0.2) is 0 Å². The fourth-order valence-corrected chi connectivity index (χ4v) is 3.16. The second kappa shape index (κ2) is 6.82. The Hall–Kier alpha value is -2.43. The Morgan fingerprint density at radius 3 is 2.48 bits per heavy atom. The van der Waals surface area contributed by atoms with Crippen molar-refractivity contribution in [2.24, 2.45) is 0 Å². The summed E-state index contributed by atoms with van der Waals surface area (Å²) >= 11 is 0. The number of nitrogens with one attached hydrogen (secondary N) is 1. The Bertz CT molecular complexity index is 774. The lowest BCUT2D eigenvalue weighted by Gasteiger charge is -2.23. The number of nitrogens with zero attached hydrogens (tertiary/aromatic N) is 3. The first-order chi connectivity index (χ1) is 11.8. The summed E-state index contributed by atoms with van der Waals surface area (Å²) in [4.78, 5) is 23.9. The number of rotatable bonds is 3. The van der Waals surface area contributed by atoms with Crippen LogP contribution in [0.2, 0.25) is 0 Å². The molecule has 0 radical (unpaired) electrons. The van der Waals surface area contributed by atoms with Crippen molar-refractivity contribution in [3.8, 4) is 0 Å². The lowest BCUT2D eigenvalue weighted by atomic mass is 9.86. The number of hydrogen-bond acceptors (Lipinski definition) is 4. The number of aryl methyl sites for hydroxylation is 1. The largest absolute Gasteiger partial charge is 0.341 e. The Labute approximate surface area is 149 Å². The zero-order chi connectivity index (χ0) is 18.0. The smallest absolute Gasteiger partial charge is 0.274 e. The van der Waals surface area contributed by atoms with Crippen LogP contribution in [0, 0.1) is 6.92 Å². The molecule has 0 unspecified atom stereocenters. The van der Waals surface area contributed by atoms with E-state index in [-0.39, 0.29) is 11.3 Å². The van der Waals surface area contributed by atoms with Crippen LogP contribution >= 0.6 is 0 Å². The van der Waals surface area contributed by atoms with Crippen LogP contribution in [0.3, 0.4) is 0 Å². The quantitative estimate of drug-likeness (QED) is 0.921. The number of hydrogen-bond donors (Lipinski definition) is 1. The van der Waals surface area contributed by atoms with E-state index in [2.05, 4.69) is 47.0 Å². The van der Waals surface area contributed by atoms with Gasteiger partial charge in [-0.05, 0) is 42.9 Å². The van der Waals surface area contributed by atoms with Crippen LogP contribution in [0.1, 0.15) is 55.4 Å². The molecule has 1 amide bonds. The molecule has 3 rings (SSSR count). The average molecular weight is 338 g/mol. The molecule has 1 fully saturated rings. The highest BCUT2D eigenvalue weighted by molar-refractivity contribution is 6.03. The first kappa shape index (κ1) is 17.4. The van der Waals surface area contributed by atoms with Gasteiger partial charge in [-0.2, -0.15) is 0 Å². The number of carbonyl (C=O) groups is 1. The van der Waals surface area contributed by atoms with Crippen molar-refractivity contribution in [2.45, 2.75) is 46.0 Å². The predicted octanol–water partition coefficient (Wildman–Crippen LogP) is 3.94. The standard InChI is InChI=1S/C20H26N4O/c1-14-13-17(23-19(21-14)24-11-7-8-12-24)18(25)22-16-10-6-5-9-15(16)20(2,3)4/h5-6,9-10,13H,7-8,11-12H2,1-4H3,(H,22,25). The van der Waals surface area contributed by atoms with E-state index in [1.54, 1.807) is 6.07 Å². The van der Waals surface area contributed by atoms with Gasteiger partial charge in [-0.15, -0.1) is 0 Å². The second-order valence-corrected chi connectivity index (χ2v) is 7.64.